The number of rotatable bonds is 1. The number of aromatic nitrogens is 3. The molecule has 4 heteroatoms. The van der Waals surface area contributed by atoms with Crippen LogP contribution in [0.1, 0.15) is 12.2 Å². The molecule has 0 spiro atoms. The number of nitrogens with zero attached hydrogens (tertiary/aromatic N) is 3. The van der Waals surface area contributed by atoms with Crippen LogP contribution in [0.2, 0.25) is 0 Å². The first kappa shape index (κ1) is 9.54. The van der Waals surface area contributed by atoms with Crippen LogP contribution in [0.25, 0.3) is 11.4 Å². The molecule has 4 nitrogen and oxygen atoms in total. The number of hydrogen-bond acceptors (Lipinski definition) is 3. The summed E-state index contributed by atoms with van der Waals surface area (Å²) in [5, 5.41) is 18.0. The molecule has 0 radical (unpaired) electrons. The second kappa shape index (κ2) is 3.72. The second-order valence-corrected chi connectivity index (χ2v) is 4.11. The Balaban J connectivity index is 2.07. The first-order chi connectivity index (χ1) is 7.84. The van der Waals surface area contributed by atoms with Gasteiger partial charge in [-0.25, -0.2) is 0 Å². The summed E-state index contributed by atoms with van der Waals surface area (Å²) in [4.78, 5) is 0. The Labute approximate surface area is 93.6 Å². The highest BCUT2D eigenvalue weighted by Gasteiger charge is 2.21. The fourth-order valence-electron chi connectivity index (χ4n) is 2.11. The molecule has 3 rings (SSSR count). The first-order valence-corrected chi connectivity index (χ1v) is 5.50. The number of aliphatic hydroxyl groups excluding tert-OH is 1. The van der Waals surface area contributed by atoms with Crippen molar-refractivity contribution in [2.45, 2.75) is 25.5 Å². The predicted octanol–water partition coefficient (Wildman–Crippen LogP) is 1.25. The predicted molar refractivity (Wildman–Crippen MR) is 59.8 cm³/mol. The van der Waals surface area contributed by atoms with E-state index in [0.717, 1.165) is 30.1 Å². The van der Waals surface area contributed by atoms with Crippen LogP contribution in [0.4, 0.5) is 0 Å². The van der Waals surface area contributed by atoms with E-state index in [1.807, 2.05) is 34.9 Å². The molecule has 82 valence electrons. The number of benzene rings is 1. The topological polar surface area (TPSA) is 50.9 Å². The fourth-order valence-corrected chi connectivity index (χ4v) is 2.11. The molecule has 0 saturated heterocycles. The molecule has 1 N–H and O–H groups in total. The van der Waals surface area contributed by atoms with Gasteiger partial charge in [-0.2, -0.15) is 0 Å². The Kier molecular flexibility index (Phi) is 2.22. The zero-order valence-electron chi connectivity index (χ0n) is 8.87. The van der Waals surface area contributed by atoms with Gasteiger partial charge in [-0.3, -0.25) is 0 Å². The Bertz CT molecular complexity index is 492. The van der Waals surface area contributed by atoms with Gasteiger partial charge in [0.05, 0.1) is 12.6 Å². The SMILES string of the molecule is OC1CCc2nnc(-c3ccccc3)n2C1. The molecule has 1 unspecified atom stereocenters. The van der Waals surface area contributed by atoms with Crippen LogP contribution in [0.5, 0.6) is 0 Å². The van der Waals surface area contributed by atoms with Crippen molar-refractivity contribution in [2.24, 2.45) is 0 Å². The van der Waals surface area contributed by atoms with Gasteiger partial charge in [-0.15, -0.1) is 10.2 Å². The summed E-state index contributed by atoms with van der Waals surface area (Å²) in [6.07, 6.45) is 1.32. The molecule has 0 bridgehead atoms. The maximum atomic E-state index is 9.67. The third-order valence-corrected chi connectivity index (χ3v) is 2.95. The number of hydrogen-bond donors (Lipinski definition) is 1. The maximum absolute atomic E-state index is 9.67. The largest absolute Gasteiger partial charge is 0.391 e. The Hall–Kier alpha value is -1.68. The molecule has 2 heterocycles. The lowest BCUT2D eigenvalue weighted by atomic mass is 10.1. The molecule has 16 heavy (non-hydrogen) atoms. The van der Waals surface area contributed by atoms with Crippen molar-refractivity contribution in [2.75, 3.05) is 0 Å². The van der Waals surface area contributed by atoms with Gasteiger partial charge in [-0.1, -0.05) is 30.3 Å². The van der Waals surface area contributed by atoms with E-state index in [1.165, 1.54) is 0 Å². The van der Waals surface area contributed by atoms with Gasteiger partial charge in [-0.05, 0) is 6.42 Å². The first-order valence-electron chi connectivity index (χ1n) is 5.50. The molecule has 0 saturated carbocycles. The van der Waals surface area contributed by atoms with Gasteiger partial charge in [0.1, 0.15) is 5.82 Å². The highest BCUT2D eigenvalue weighted by molar-refractivity contribution is 5.55. The smallest absolute Gasteiger partial charge is 0.164 e. The molecule has 1 aromatic carbocycles. The van der Waals surface area contributed by atoms with E-state index in [2.05, 4.69) is 10.2 Å². The Morgan fingerprint density at radius 1 is 1.19 bits per heavy atom. The van der Waals surface area contributed by atoms with Gasteiger partial charge in [0.15, 0.2) is 5.82 Å². The Morgan fingerprint density at radius 3 is 2.81 bits per heavy atom. The maximum Gasteiger partial charge on any atom is 0.164 e. The van der Waals surface area contributed by atoms with Gasteiger partial charge in [0.25, 0.3) is 0 Å². The van der Waals surface area contributed by atoms with E-state index in [-0.39, 0.29) is 6.10 Å². The van der Waals surface area contributed by atoms with Crippen molar-refractivity contribution < 1.29 is 5.11 Å². The monoisotopic (exact) mass is 215 g/mol. The molecule has 1 atom stereocenters. The van der Waals surface area contributed by atoms with Crippen LogP contribution < -0.4 is 0 Å². The van der Waals surface area contributed by atoms with Crippen molar-refractivity contribution in [3.8, 4) is 11.4 Å². The van der Waals surface area contributed by atoms with E-state index in [9.17, 15) is 5.11 Å². The molecule has 2 aromatic rings. The summed E-state index contributed by atoms with van der Waals surface area (Å²) in [7, 11) is 0. The highest BCUT2D eigenvalue weighted by Crippen LogP contribution is 2.22. The van der Waals surface area contributed by atoms with Crippen LogP contribution >= 0.6 is 0 Å². The van der Waals surface area contributed by atoms with E-state index in [1.54, 1.807) is 0 Å². The molecule has 1 aromatic heterocycles. The van der Waals surface area contributed by atoms with Gasteiger partial charge in [0, 0.05) is 12.0 Å². The molecule has 0 aliphatic carbocycles. The summed E-state index contributed by atoms with van der Waals surface area (Å²) < 4.78 is 2.02. The van der Waals surface area contributed by atoms with Crippen molar-refractivity contribution in [3.05, 3.63) is 36.2 Å². The normalized spacial score (nSPS) is 19.4. The minimum Gasteiger partial charge on any atom is -0.391 e. The van der Waals surface area contributed by atoms with Crippen LogP contribution in [-0.4, -0.2) is 26.0 Å². The van der Waals surface area contributed by atoms with E-state index < -0.39 is 0 Å². The molecule has 0 amide bonds. The minimum atomic E-state index is -0.272. The van der Waals surface area contributed by atoms with E-state index in [4.69, 9.17) is 0 Å². The Morgan fingerprint density at radius 2 is 2.00 bits per heavy atom. The van der Waals surface area contributed by atoms with Gasteiger partial charge < -0.3 is 9.67 Å². The summed E-state index contributed by atoms with van der Waals surface area (Å²) in [5.41, 5.74) is 1.05. The summed E-state index contributed by atoms with van der Waals surface area (Å²) in [6, 6.07) is 9.97. The van der Waals surface area contributed by atoms with Gasteiger partial charge in [0.2, 0.25) is 0 Å². The highest BCUT2D eigenvalue weighted by atomic mass is 16.3. The molecular formula is C12H13N3O. The summed E-state index contributed by atoms with van der Waals surface area (Å²) in [5.74, 6) is 1.83. The third-order valence-electron chi connectivity index (χ3n) is 2.95. The van der Waals surface area contributed by atoms with Crippen LogP contribution in [-0.2, 0) is 13.0 Å². The van der Waals surface area contributed by atoms with Gasteiger partial charge >= 0.3 is 0 Å². The molecule has 0 fully saturated rings. The van der Waals surface area contributed by atoms with Crippen molar-refractivity contribution >= 4 is 0 Å². The molecule has 1 aliphatic heterocycles. The quantitative estimate of drug-likeness (QED) is 0.779. The lowest BCUT2D eigenvalue weighted by Crippen LogP contribution is -2.24. The lowest BCUT2D eigenvalue weighted by molar-refractivity contribution is 0.131. The van der Waals surface area contributed by atoms with Crippen LogP contribution in [0, 0.1) is 0 Å². The number of aryl methyl sites for hydroxylation is 1. The average molecular weight is 215 g/mol. The average Bonchev–Trinajstić information content (AvgIpc) is 2.73. The van der Waals surface area contributed by atoms with Crippen LogP contribution in [0.15, 0.2) is 30.3 Å². The summed E-state index contributed by atoms with van der Waals surface area (Å²) >= 11 is 0. The standard InChI is InChI=1S/C12H13N3O/c16-10-6-7-11-13-14-12(15(11)8-10)9-4-2-1-3-5-9/h1-5,10,16H,6-8H2. The zero-order valence-corrected chi connectivity index (χ0v) is 8.87. The summed E-state index contributed by atoms with van der Waals surface area (Å²) in [6.45, 7) is 0.604. The minimum absolute atomic E-state index is 0.272. The second-order valence-electron chi connectivity index (χ2n) is 4.11. The molecule has 1 aliphatic rings. The fraction of sp³-hybridized carbons (Fsp3) is 0.333. The van der Waals surface area contributed by atoms with Crippen LogP contribution in [0.3, 0.4) is 0 Å². The van der Waals surface area contributed by atoms with Crippen molar-refractivity contribution in [1.82, 2.24) is 14.8 Å². The number of fused-ring (bicyclic) bond motifs is 1. The zero-order chi connectivity index (χ0) is 11.0. The third kappa shape index (κ3) is 1.51. The van der Waals surface area contributed by atoms with Crippen molar-refractivity contribution in [1.29, 1.82) is 0 Å². The van der Waals surface area contributed by atoms with Crippen molar-refractivity contribution in [3.63, 3.8) is 0 Å². The molecular weight excluding hydrogens is 202 g/mol. The van der Waals surface area contributed by atoms with E-state index in [0.29, 0.717) is 6.54 Å². The lowest BCUT2D eigenvalue weighted by Gasteiger charge is -2.19. The number of aliphatic hydroxyl groups is 1. The van der Waals surface area contributed by atoms with E-state index >= 15 is 0 Å².